The highest BCUT2D eigenvalue weighted by molar-refractivity contribution is 6.04. The highest BCUT2D eigenvalue weighted by atomic mass is 16.6. The molecule has 0 unspecified atom stereocenters. The van der Waals surface area contributed by atoms with Gasteiger partial charge in [-0.1, -0.05) is 31.5 Å². The van der Waals surface area contributed by atoms with Gasteiger partial charge in [0.25, 0.3) is 5.69 Å². The van der Waals surface area contributed by atoms with E-state index in [4.69, 9.17) is 14.2 Å². The normalized spacial score (nSPS) is 18.8. The molecule has 2 atom stereocenters. The van der Waals surface area contributed by atoms with E-state index < -0.39 is 16.8 Å². The number of nitrogens with one attached hydrogen (secondary N) is 1. The Morgan fingerprint density at radius 3 is 2.44 bits per heavy atom. The van der Waals surface area contributed by atoms with Crippen LogP contribution in [0.1, 0.15) is 68.1 Å². The SMILES string of the molecule is CCCCOC(=O)C1=C(C)NC2=C(C(=O)C[C@H](c3ccc(OC)c(OC)c3)C2)[C@@H]1c1ccc(C)c([N+](=O)[O-])c1. The summed E-state index contributed by atoms with van der Waals surface area (Å²) in [6.45, 7) is 5.70. The van der Waals surface area contributed by atoms with Crippen molar-refractivity contribution in [3.05, 3.63) is 85.7 Å². The van der Waals surface area contributed by atoms with Gasteiger partial charge in [0.15, 0.2) is 17.3 Å². The third-order valence-corrected chi connectivity index (χ3v) is 7.42. The number of rotatable bonds is 9. The number of methoxy groups -OCH3 is 2. The van der Waals surface area contributed by atoms with E-state index in [0.29, 0.717) is 58.0 Å². The van der Waals surface area contributed by atoms with Gasteiger partial charge >= 0.3 is 5.97 Å². The predicted octanol–water partition coefficient (Wildman–Crippen LogP) is 5.63. The van der Waals surface area contributed by atoms with E-state index in [-0.39, 0.29) is 30.4 Å². The number of nitro groups is 1. The maximum atomic E-state index is 13.8. The Balaban J connectivity index is 1.79. The molecule has 4 rings (SSSR count). The van der Waals surface area contributed by atoms with Gasteiger partial charge in [-0.3, -0.25) is 14.9 Å². The average Bonchev–Trinajstić information content (AvgIpc) is 2.91. The molecule has 1 heterocycles. The fraction of sp³-hybridized carbons (Fsp3) is 0.400. The number of allylic oxidation sites excluding steroid dienone is 3. The summed E-state index contributed by atoms with van der Waals surface area (Å²) in [5.74, 6) is -0.357. The predicted molar refractivity (Wildman–Crippen MR) is 146 cm³/mol. The van der Waals surface area contributed by atoms with Crippen LogP contribution in [0.25, 0.3) is 0 Å². The number of aryl methyl sites for hydroxylation is 1. The average molecular weight is 535 g/mol. The summed E-state index contributed by atoms with van der Waals surface area (Å²) in [5, 5.41) is 15.1. The zero-order chi connectivity index (χ0) is 28.3. The number of hydrogen-bond acceptors (Lipinski definition) is 8. The van der Waals surface area contributed by atoms with Gasteiger partial charge in [-0.2, -0.15) is 0 Å². The summed E-state index contributed by atoms with van der Waals surface area (Å²) < 4.78 is 16.4. The van der Waals surface area contributed by atoms with Crippen molar-refractivity contribution in [2.24, 2.45) is 0 Å². The quantitative estimate of drug-likeness (QED) is 0.191. The maximum absolute atomic E-state index is 13.8. The van der Waals surface area contributed by atoms with Crippen molar-refractivity contribution in [3.63, 3.8) is 0 Å². The highest BCUT2D eigenvalue weighted by Crippen LogP contribution is 2.47. The van der Waals surface area contributed by atoms with Crippen LogP contribution < -0.4 is 14.8 Å². The standard InChI is InChI=1S/C30H34N2O7/c1-6-7-12-39-30(34)27-18(3)31-22-13-21(19-10-11-25(37-4)26(16-19)38-5)15-24(33)29(22)28(27)20-9-8-17(2)23(14-20)32(35)36/h8-11,14,16,21,28,31H,6-7,12-13,15H2,1-5H3/t21-,28-/m1/s1. The number of unbranched alkanes of at least 4 members (excludes halogenated alkanes) is 1. The molecule has 1 N–H and O–H groups in total. The van der Waals surface area contributed by atoms with Gasteiger partial charge in [0.05, 0.1) is 31.3 Å². The van der Waals surface area contributed by atoms with E-state index in [0.717, 1.165) is 12.0 Å². The highest BCUT2D eigenvalue weighted by Gasteiger charge is 2.42. The Hall–Kier alpha value is -4.14. The number of esters is 1. The maximum Gasteiger partial charge on any atom is 0.336 e. The molecule has 0 spiro atoms. The number of carbonyl (C=O) groups is 2. The molecule has 0 aromatic heterocycles. The van der Waals surface area contributed by atoms with Crippen LogP contribution in [0, 0.1) is 17.0 Å². The van der Waals surface area contributed by atoms with Crippen LogP contribution in [-0.4, -0.2) is 37.5 Å². The lowest BCUT2D eigenvalue weighted by Gasteiger charge is -2.36. The minimum absolute atomic E-state index is 0.0593. The van der Waals surface area contributed by atoms with Crippen LogP contribution >= 0.6 is 0 Å². The largest absolute Gasteiger partial charge is 0.493 e. The number of nitro benzene ring substituents is 1. The molecule has 1 aliphatic carbocycles. The molecule has 2 aromatic rings. The van der Waals surface area contributed by atoms with Crippen molar-refractivity contribution < 1.29 is 28.7 Å². The molecule has 0 saturated heterocycles. The van der Waals surface area contributed by atoms with E-state index in [9.17, 15) is 19.7 Å². The van der Waals surface area contributed by atoms with Crippen molar-refractivity contribution in [2.75, 3.05) is 20.8 Å². The summed E-state index contributed by atoms with van der Waals surface area (Å²) >= 11 is 0. The third-order valence-electron chi connectivity index (χ3n) is 7.42. The molecule has 206 valence electrons. The Labute approximate surface area is 228 Å². The molecule has 9 nitrogen and oxygen atoms in total. The van der Waals surface area contributed by atoms with Crippen LogP contribution in [0.15, 0.2) is 58.9 Å². The van der Waals surface area contributed by atoms with Gasteiger partial charge < -0.3 is 19.5 Å². The van der Waals surface area contributed by atoms with Crippen molar-refractivity contribution in [2.45, 2.75) is 58.3 Å². The van der Waals surface area contributed by atoms with Crippen molar-refractivity contribution in [1.29, 1.82) is 0 Å². The monoisotopic (exact) mass is 534 g/mol. The van der Waals surface area contributed by atoms with Crippen LogP contribution in [0.4, 0.5) is 5.69 Å². The molecule has 1 aliphatic heterocycles. The molecule has 0 fully saturated rings. The number of nitrogens with zero attached hydrogens (tertiary/aromatic N) is 1. The van der Waals surface area contributed by atoms with E-state index in [2.05, 4.69) is 5.32 Å². The second-order valence-corrected chi connectivity index (χ2v) is 9.92. The van der Waals surface area contributed by atoms with Crippen LogP contribution in [0.3, 0.4) is 0 Å². The third kappa shape index (κ3) is 5.53. The minimum atomic E-state index is -0.770. The fourth-order valence-electron chi connectivity index (χ4n) is 5.38. The Morgan fingerprint density at radius 2 is 1.77 bits per heavy atom. The van der Waals surface area contributed by atoms with E-state index in [1.165, 1.54) is 6.07 Å². The van der Waals surface area contributed by atoms with Crippen molar-refractivity contribution >= 4 is 17.4 Å². The first-order valence-electron chi connectivity index (χ1n) is 13.1. The molecule has 0 bridgehead atoms. The lowest BCUT2D eigenvalue weighted by atomic mass is 9.71. The smallest absolute Gasteiger partial charge is 0.336 e. The summed E-state index contributed by atoms with van der Waals surface area (Å²) in [5.41, 5.74) is 3.94. The summed E-state index contributed by atoms with van der Waals surface area (Å²) in [7, 11) is 3.14. The first kappa shape index (κ1) is 27.9. The van der Waals surface area contributed by atoms with Crippen LogP contribution in [-0.2, 0) is 14.3 Å². The number of carbonyl (C=O) groups excluding carboxylic acids is 2. The topological polar surface area (TPSA) is 117 Å². The molecule has 0 amide bonds. The molecule has 39 heavy (non-hydrogen) atoms. The number of ether oxygens (including phenoxy) is 3. The van der Waals surface area contributed by atoms with Gasteiger partial charge in [0.2, 0.25) is 0 Å². The lowest BCUT2D eigenvalue weighted by molar-refractivity contribution is -0.385. The number of benzene rings is 2. The van der Waals surface area contributed by atoms with E-state index in [1.807, 2.05) is 25.1 Å². The zero-order valence-electron chi connectivity index (χ0n) is 23.0. The van der Waals surface area contributed by atoms with Crippen LogP contribution in [0.5, 0.6) is 11.5 Å². The Kier molecular flexibility index (Phi) is 8.38. The Morgan fingerprint density at radius 1 is 1.05 bits per heavy atom. The second-order valence-electron chi connectivity index (χ2n) is 9.92. The fourth-order valence-corrected chi connectivity index (χ4v) is 5.38. The number of dihydropyridines is 1. The van der Waals surface area contributed by atoms with Crippen molar-refractivity contribution in [3.8, 4) is 11.5 Å². The number of hydrogen-bond donors (Lipinski definition) is 1. The molecule has 0 radical (unpaired) electrons. The van der Waals surface area contributed by atoms with E-state index >= 15 is 0 Å². The molecular formula is C30H34N2O7. The summed E-state index contributed by atoms with van der Waals surface area (Å²) in [6.07, 6.45) is 2.32. The second kappa shape index (κ2) is 11.7. The minimum Gasteiger partial charge on any atom is -0.493 e. The van der Waals surface area contributed by atoms with Crippen molar-refractivity contribution in [1.82, 2.24) is 5.32 Å². The molecule has 2 aliphatic rings. The number of Topliss-reactive ketones (excluding diaryl/α,β-unsaturated/α-hetero) is 1. The molecule has 9 heteroatoms. The van der Waals surface area contributed by atoms with Gasteiger partial charge in [0.1, 0.15) is 0 Å². The molecular weight excluding hydrogens is 500 g/mol. The first-order valence-corrected chi connectivity index (χ1v) is 13.1. The van der Waals surface area contributed by atoms with E-state index in [1.54, 1.807) is 40.2 Å². The first-order chi connectivity index (χ1) is 18.7. The molecule has 0 saturated carbocycles. The van der Waals surface area contributed by atoms with Crippen LogP contribution in [0.2, 0.25) is 0 Å². The van der Waals surface area contributed by atoms with Gasteiger partial charge in [-0.25, -0.2) is 4.79 Å². The zero-order valence-corrected chi connectivity index (χ0v) is 23.0. The lowest BCUT2D eigenvalue weighted by Crippen LogP contribution is -2.36. The Bertz CT molecular complexity index is 1380. The van der Waals surface area contributed by atoms with Gasteiger partial charge in [0, 0.05) is 40.9 Å². The number of ketones is 1. The van der Waals surface area contributed by atoms with Gasteiger partial charge in [-0.15, -0.1) is 0 Å². The summed E-state index contributed by atoms with van der Waals surface area (Å²) in [6, 6.07) is 10.5. The molecule has 2 aromatic carbocycles. The van der Waals surface area contributed by atoms with Gasteiger partial charge in [-0.05, 0) is 55.9 Å². The summed E-state index contributed by atoms with van der Waals surface area (Å²) in [4.78, 5) is 38.5.